The Hall–Kier alpha value is -1.67. The van der Waals surface area contributed by atoms with Gasteiger partial charge in [-0.25, -0.2) is 0 Å². The fourth-order valence-electron chi connectivity index (χ4n) is 1.34. The van der Waals surface area contributed by atoms with Crippen LogP contribution in [0.2, 0.25) is 5.02 Å². The van der Waals surface area contributed by atoms with Gasteiger partial charge in [-0.15, -0.1) is 0 Å². The minimum Gasteiger partial charge on any atom is -0.507 e. The van der Waals surface area contributed by atoms with E-state index in [1.807, 2.05) is 0 Å². The van der Waals surface area contributed by atoms with Gasteiger partial charge in [-0.05, 0) is 29.8 Å². The maximum absolute atomic E-state index is 9.59. The lowest BCUT2D eigenvalue weighted by Gasteiger charge is -2.05. The lowest BCUT2D eigenvalue weighted by Crippen LogP contribution is -1.79. The van der Waals surface area contributed by atoms with Gasteiger partial charge in [0.2, 0.25) is 0 Å². The Labute approximate surface area is 92.4 Å². The van der Waals surface area contributed by atoms with Crippen molar-refractivity contribution >= 4 is 11.6 Å². The topological polar surface area (TPSA) is 40.5 Å². The molecule has 0 amide bonds. The lowest BCUT2D eigenvalue weighted by atomic mass is 10.0. The van der Waals surface area contributed by atoms with Crippen LogP contribution in [0.25, 0.3) is 11.1 Å². The summed E-state index contributed by atoms with van der Waals surface area (Å²) in [7, 11) is 0. The fraction of sp³-hybridized carbons (Fsp3) is 0. The van der Waals surface area contributed by atoms with Crippen molar-refractivity contribution in [2.75, 3.05) is 0 Å². The molecule has 0 unspecified atom stereocenters. The molecule has 15 heavy (non-hydrogen) atoms. The van der Waals surface area contributed by atoms with Crippen LogP contribution >= 0.6 is 11.6 Å². The smallest absolute Gasteiger partial charge is 0.134 e. The van der Waals surface area contributed by atoms with Crippen molar-refractivity contribution in [1.82, 2.24) is 0 Å². The molecule has 0 saturated carbocycles. The van der Waals surface area contributed by atoms with Crippen molar-refractivity contribution in [2.45, 2.75) is 0 Å². The Balaban J connectivity index is 2.55. The normalized spacial score (nSPS) is 10.2. The number of aromatic hydroxyl groups is 2. The number of hydrogen-bond donors (Lipinski definition) is 2. The van der Waals surface area contributed by atoms with Gasteiger partial charge in [0.25, 0.3) is 0 Å². The molecule has 0 fully saturated rings. The summed E-state index contributed by atoms with van der Waals surface area (Å²) in [6, 6.07) is 12.5. The Morgan fingerprint density at radius 3 is 2.53 bits per heavy atom. The van der Waals surface area contributed by atoms with E-state index in [4.69, 9.17) is 11.6 Å². The van der Waals surface area contributed by atoms with E-state index in [9.17, 15) is 10.2 Å². The molecule has 0 saturated heterocycles. The summed E-state index contributed by atoms with van der Waals surface area (Å²) in [5.74, 6) is 0.168. The molecule has 0 bridgehead atoms. The van der Waals surface area contributed by atoms with E-state index in [2.05, 4.69) is 6.07 Å². The van der Waals surface area contributed by atoms with Gasteiger partial charge in [0.1, 0.15) is 11.5 Å². The first-order valence-corrected chi connectivity index (χ1v) is 4.74. The van der Waals surface area contributed by atoms with E-state index in [1.54, 1.807) is 24.3 Å². The highest BCUT2D eigenvalue weighted by molar-refractivity contribution is 6.32. The van der Waals surface area contributed by atoms with Crippen molar-refractivity contribution in [3.8, 4) is 22.6 Å². The van der Waals surface area contributed by atoms with E-state index >= 15 is 0 Å². The lowest BCUT2D eigenvalue weighted by molar-refractivity contribution is 0.474. The number of phenolic OH excluding ortho intramolecular Hbond substituents is 2. The first-order valence-electron chi connectivity index (χ1n) is 4.36. The molecule has 2 nitrogen and oxygen atoms in total. The van der Waals surface area contributed by atoms with Gasteiger partial charge in [-0.3, -0.25) is 0 Å². The standard InChI is InChI=1S/C12H8ClO2/c13-10-7-8(5-6-12(10)15)9-3-1-2-4-11(9)14/h1,3-7,14-15H. The zero-order valence-corrected chi connectivity index (χ0v) is 8.49. The molecule has 2 aromatic rings. The molecule has 0 heterocycles. The number of rotatable bonds is 1. The highest BCUT2D eigenvalue weighted by Gasteiger charge is 2.05. The maximum Gasteiger partial charge on any atom is 0.134 e. The zero-order chi connectivity index (χ0) is 10.8. The molecule has 3 heteroatoms. The SMILES string of the molecule is Oc1ccc(-c2cc[c]cc2O)cc1Cl. The quantitative estimate of drug-likeness (QED) is 0.773. The Morgan fingerprint density at radius 1 is 1.07 bits per heavy atom. The van der Waals surface area contributed by atoms with Crippen LogP contribution in [0.3, 0.4) is 0 Å². The molecule has 0 spiro atoms. The summed E-state index contributed by atoms with van der Waals surface area (Å²) in [6.45, 7) is 0. The summed E-state index contributed by atoms with van der Waals surface area (Å²) in [4.78, 5) is 0. The highest BCUT2D eigenvalue weighted by Crippen LogP contribution is 2.33. The van der Waals surface area contributed by atoms with Gasteiger partial charge in [0.05, 0.1) is 5.02 Å². The third kappa shape index (κ3) is 1.90. The predicted molar refractivity (Wildman–Crippen MR) is 59.1 cm³/mol. The van der Waals surface area contributed by atoms with Crippen LogP contribution in [0, 0.1) is 6.07 Å². The van der Waals surface area contributed by atoms with Gasteiger partial charge in [-0.2, -0.15) is 0 Å². The number of hydrogen-bond acceptors (Lipinski definition) is 2. The van der Waals surface area contributed by atoms with E-state index in [0.29, 0.717) is 5.56 Å². The minimum absolute atomic E-state index is 0.0300. The Kier molecular flexibility index (Phi) is 2.52. The third-order valence-corrected chi connectivity index (χ3v) is 2.40. The number of benzene rings is 2. The second kappa shape index (κ2) is 3.83. The van der Waals surface area contributed by atoms with Crippen molar-refractivity contribution in [1.29, 1.82) is 0 Å². The minimum atomic E-state index is 0.0300. The maximum atomic E-state index is 9.59. The molecule has 1 radical (unpaired) electrons. The largest absolute Gasteiger partial charge is 0.507 e. The average Bonchev–Trinajstić information content (AvgIpc) is 2.23. The molecular formula is C12H8ClO2. The molecule has 75 valence electrons. The molecule has 2 aromatic carbocycles. The highest BCUT2D eigenvalue weighted by atomic mass is 35.5. The molecule has 2 N–H and O–H groups in total. The molecule has 0 aliphatic rings. The number of halogens is 1. The molecule has 0 aliphatic carbocycles. The van der Waals surface area contributed by atoms with Crippen LogP contribution in [-0.2, 0) is 0 Å². The Bertz CT molecular complexity index is 495. The predicted octanol–water partition coefficient (Wildman–Crippen LogP) is 3.22. The summed E-state index contributed by atoms with van der Waals surface area (Å²) < 4.78 is 0. The van der Waals surface area contributed by atoms with Crippen molar-refractivity contribution < 1.29 is 10.2 Å². The average molecular weight is 220 g/mol. The van der Waals surface area contributed by atoms with E-state index < -0.39 is 0 Å². The van der Waals surface area contributed by atoms with Gasteiger partial charge in [-0.1, -0.05) is 29.8 Å². The second-order valence-corrected chi connectivity index (χ2v) is 3.52. The zero-order valence-electron chi connectivity index (χ0n) is 7.74. The second-order valence-electron chi connectivity index (χ2n) is 3.11. The summed E-state index contributed by atoms with van der Waals surface area (Å²) in [5, 5.41) is 19.1. The van der Waals surface area contributed by atoms with Crippen LogP contribution in [0.5, 0.6) is 11.5 Å². The van der Waals surface area contributed by atoms with Gasteiger partial charge >= 0.3 is 0 Å². The van der Waals surface area contributed by atoms with Crippen molar-refractivity contribution in [3.63, 3.8) is 0 Å². The van der Waals surface area contributed by atoms with Gasteiger partial charge in [0.15, 0.2) is 0 Å². The summed E-state index contributed by atoms with van der Waals surface area (Å²) >= 11 is 5.78. The van der Waals surface area contributed by atoms with E-state index in [1.165, 1.54) is 12.1 Å². The van der Waals surface area contributed by atoms with Crippen LogP contribution in [0.15, 0.2) is 36.4 Å². The number of phenols is 2. The monoisotopic (exact) mass is 219 g/mol. The van der Waals surface area contributed by atoms with E-state index in [0.717, 1.165) is 5.56 Å². The first kappa shape index (κ1) is 9.87. The Morgan fingerprint density at radius 2 is 1.87 bits per heavy atom. The van der Waals surface area contributed by atoms with Crippen molar-refractivity contribution in [2.24, 2.45) is 0 Å². The summed E-state index contributed by atoms with van der Waals surface area (Å²) in [6.07, 6.45) is 0. The molecule has 0 aromatic heterocycles. The third-order valence-electron chi connectivity index (χ3n) is 2.10. The van der Waals surface area contributed by atoms with Crippen LogP contribution in [-0.4, -0.2) is 10.2 Å². The van der Waals surface area contributed by atoms with Crippen LogP contribution in [0.4, 0.5) is 0 Å². The fourth-order valence-corrected chi connectivity index (χ4v) is 1.52. The molecular weight excluding hydrogens is 212 g/mol. The van der Waals surface area contributed by atoms with Crippen LogP contribution < -0.4 is 0 Å². The summed E-state index contributed by atoms with van der Waals surface area (Å²) in [5.41, 5.74) is 1.42. The molecule has 2 rings (SSSR count). The van der Waals surface area contributed by atoms with Crippen LogP contribution in [0.1, 0.15) is 0 Å². The first-order chi connectivity index (χ1) is 7.18. The molecule has 0 atom stereocenters. The van der Waals surface area contributed by atoms with Gasteiger partial charge in [0, 0.05) is 5.56 Å². The van der Waals surface area contributed by atoms with Crippen molar-refractivity contribution in [3.05, 3.63) is 47.5 Å². The van der Waals surface area contributed by atoms with E-state index in [-0.39, 0.29) is 16.5 Å². The van der Waals surface area contributed by atoms with Gasteiger partial charge < -0.3 is 10.2 Å². The molecule has 0 aliphatic heterocycles.